The average Bonchev–Trinajstić information content (AvgIpc) is 3.81. The Morgan fingerprint density at radius 2 is 1.49 bits per heavy atom. The summed E-state index contributed by atoms with van der Waals surface area (Å²) in [4.78, 5) is 42.3. The third-order valence-corrected chi connectivity index (χ3v) is 8.73. The number of hydrogen-bond donors (Lipinski definition) is 1. The Labute approximate surface area is 304 Å². The van der Waals surface area contributed by atoms with Crippen LogP contribution in [0, 0.1) is 0 Å². The molecule has 0 spiro atoms. The highest BCUT2D eigenvalue weighted by molar-refractivity contribution is 7.59. The van der Waals surface area contributed by atoms with Crippen LogP contribution in [0.2, 0.25) is 0 Å². The number of hydrogen-bond acceptors (Lipinski definition) is 6. The van der Waals surface area contributed by atoms with Crippen LogP contribution in [0.4, 0.5) is 15.3 Å². The molecule has 2 amide bonds. The predicted octanol–water partition coefficient (Wildman–Crippen LogP) is 8.66. The van der Waals surface area contributed by atoms with E-state index in [0.717, 1.165) is 72.6 Å². The minimum Gasteiger partial charge on any atom is -0.444 e. The van der Waals surface area contributed by atoms with Gasteiger partial charge in [0.2, 0.25) is 0 Å². The number of carbonyl (C=O) groups is 2. The number of aromatic amines is 1. The molecule has 0 aliphatic carbocycles. The summed E-state index contributed by atoms with van der Waals surface area (Å²) in [6, 6.07) is 14.8. The highest BCUT2D eigenvalue weighted by Gasteiger charge is 2.37. The summed E-state index contributed by atoms with van der Waals surface area (Å²) in [5, 5.41) is 0. The summed E-state index contributed by atoms with van der Waals surface area (Å²) in [7, 11) is 0. The molecule has 2 aromatic carbocycles. The van der Waals surface area contributed by atoms with E-state index in [-0.39, 0.29) is 51.3 Å². The van der Waals surface area contributed by atoms with E-state index in [1.54, 1.807) is 4.90 Å². The fourth-order valence-corrected chi connectivity index (χ4v) is 6.57. The van der Waals surface area contributed by atoms with Crippen molar-refractivity contribution in [1.29, 1.82) is 0 Å². The first-order chi connectivity index (χ1) is 22.3. The lowest BCUT2D eigenvalue weighted by Gasteiger charge is -2.28. The van der Waals surface area contributed by atoms with Crippen molar-refractivity contribution in [2.75, 3.05) is 13.1 Å². The number of imidazole rings is 1. The third kappa shape index (κ3) is 9.30. The second-order valence-corrected chi connectivity index (χ2v) is 14.8. The molecule has 0 saturated carbocycles. The van der Waals surface area contributed by atoms with Gasteiger partial charge in [-0.25, -0.2) is 14.6 Å². The van der Waals surface area contributed by atoms with Crippen molar-refractivity contribution in [1.82, 2.24) is 19.8 Å². The first-order valence-electron chi connectivity index (χ1n) is 16.8. The summed E-state index contributed by atoms with van der Waals surface area (Å²) in [5.41, 5.74) is 6.52. The van der Waals surface area contributed by atoms with Crippen LogP contribution >= 0.6 is 27.0 Å². The van der Waals surface area contributed by atoms with Crippen molar-refractivity contribution in [2.45, 2.75) is 103 Å². The van der Waals surface area contributed by atoms with E-state index in [0.29, 0.717) is 13.1 Å². The van der Waals surface area contributed by atoms with Gasteiger partial charge in [-0.05, 0) is 102 Å². The smallest absolute Gasteiger partial charge is 0.410 e. The predicted molar refractivity (Wildman–Crippen MR) is 206 cm³/mol. The number of H-pyrrole nitrogens is 1. The summed E-state index contributed by atoms with van der Waals surface area (Å²) in [6.45, 7) is 12.8. The second kappa shape index (κ2) is 15.5. The van der Waals surface area contributed by atoms with Gasteiger partial charge in [0.15, 0.2) is 0 Å². The van der Waals surface area contributed by atoms with Gasteiger partial charge in [0, 0.05) is 25.2 Å². The van der Waals surface area contributed by atoms with E-state index in [2.05, 4.69) is 64.6 Å². The van der Waals surface area contributed by atoms with Crippen LogP contribution in [0.1, 0.15) is 95.8 Å². The lowest BCUT2D eigenvalue weighted by molar-refractivity contribution is 0.0216. The highest BCUT2D eigenvalue weighted by atomic mass is 32.1. The molecule has 2 saturated heterocycles. The molecule has 2 atom stereocenters. The molecule has 1 aromatic heterocycles. The summed E-state index contributed by atoms with van der Waals surface area (Å²) in [6.07, 6.45) is 10.9. The molecule has 3 aliphatic heterocycles. The number of carbonyl (C=O) groups excluding carboxylic acids is 2. The van der Waals surface area contributed by atoms with Crippen molar-refractivity contribution < 1.29 is 19.1 Å². The molecule has 4 heterocycles. The Balaban J connectivity index is 0.00000270. The van der Waals surface area contributed by atoms with Crippen LogP contribution in [0.5, 0.6) is 0 Å². The zero-order chi connectivity index (χ0) is 33.3. The minimum atomic E-state index is -0.529. The number of aliphatic imine (C=N–C) groups is 1. The maximum absolute atomic E-state index is 12.8. The molecule has 9 nitrogen and oxygen atoms in total. The van der Waals surface area contributed by atoms with Crippen molar-refractivity contribution in [3.8, 4) is 11.3 Å². The van der Waals surface area contributed by atoms with E-state index in [9.17, 15) is 9.59 Å². The number of ether oxygens (including phenoxy) is 2. The fourth-order valence-electron chi connectivity index (χ4n) is 6.57. The largest absolute Gasteiger partial charge is 0.444 e. The zero-order valence-corrected chi connectivity index (χ0v) is 31.5. The molecule has 3 aromatic rings. The third-order valence-electron chi connectivity index (χ3n) is 8.73. The number of benzene rings is 2. The van der Waals surface area contributed by atoms with Crippen LogP contribution < -0.4 is 0 Å². The van der Waals surface area contributed by atoms with Gasteiger partial charge in [-0.1, -0.05) is 48.6 Å². The van der Waals surface area contributed by atoms with Gasteiger partial charge in [-0.2, -0.15) is 27.0 Å². The molecular formula is C38H51N5O4S2. The van der Waals surface area contributed by atoms with E-state index in [4.69, 9.17) is 14.5 Å². The van der Waals surface area contributed by atoms with Gasteiger partial charge in [0.1, 0.15) is 17.0 Å². The molecule has 0 bridgehead atoms. The lowest BCUT2D eigenvalue weighted by Crippen LogP contribution is -2.43. The number of aromatic nitrogens is 2. The van der Waals surface area contributed by atoms with Gasteiger partial charge in [-0.3, -0.25) is 14.8 Å². The van der Waals surface area contributed by atoms with Crippen LogP contribution in [0.3, 0.4) is 0 Å². The van der Waals surface area contributed by atoms with E-state index in [1.165, 1.54) is 11.1 Å². The molecule has 2 fully saturated rings. The van der Waals surface area contributed by atoms with Crippen LogP contribution in [-0.2, 0) is 22.3 Å². The molecular weight excluding hydrogens is 655 g/mol. The first-order valence-corrected chi connectivity index (χ1v) is 16.8. The van der Waals surface area contributed by atoms with E-state index >= 15 is 0 Å². The van der Waals surface area contributed by atoms with Gasteiger partial charge in [0.25, 0.3) is 0 Å². The van der Waals surface area contributed by atoms with Crippen LogP contribution in [-0.4, -0.2) is 68.0 Å². The average molecular weight is 706 g/mol. The molecule has 0 unspecified atom stereocenters. The van der Waals surface area contributed by atoms with Gasteiger partial charge < -0.3 is 14.5 Å². The normalized spacial score (nSPS) is 18.9. The van der Waals surface area contributed by atoms with E-state index in [1.807, 2.05) is 52.6 Å². The number of amides is 2. The Kier molecular flexibility index (Phi) is 12.0. The fraction of sp³-hybridized carbons (Fsp3) is 0.474. The summed E-state index contributed by atoms with van der Waals surface area (Å²) >= 11 is 0. The molecule has 0 radical (unpaired) electrons. The maximum atomic E-state index is 12.8. The second-order valence-electron chi connectivity index (χ2n) is 14.8. The van der Waals surface area contributed by atoms with Crippen LogP contribution in [0.15, 0.2) is 59.7 Å². The Morgan fingerprint density at radius 3 is 2.12 bits per heavy atom. The Hall–Kier alpha value is -3.70. The topological polar surface area (TPSA) is 100 Å². The number of rotatable bonds is 6. The monoisotopic (exact) mass is 705 g/mol. The van der Waals surface area contributed by atoms with Crippen molar-refractivity contribution >= 4 is 56.7 Å². The van der Waals surface area contributed by atoms with Gasteiger partial charge in [-0.15, -0.1) is 0 Å². The molecule has 49 heavy (non-hydrogen) atoms. The standard InChI is InChI=1S/C38H47N5O4.2H2S/c1-37(2,3)46-35(44)42-20-8-12-32(42)30-23-28-19-16-26(22-29(28)40-30)11-7-10-25-14-17-27(18-15-25)31-24-39-34(41-31)33-13-9-21-43(33)36(45)47-38(4,5)6;;/h7,11,14-19,22,24,32-33H,8-10,12-13,20-21,23H2,1-6H3,(H,39,41);2*1H2/t32-,33-;;/m0../s1. The minimum absolute atomic E-state index is 0. The number of likely N-dealkylation sites (tertiary alicyclic amines) is 2. The first kappa shape index (κ1) is 38.1. The number of nitrogens with one attached hydrogen (secondary N) is 1. The zero-order valence-electron chi connectivity index (χ0n) is 29.5. The number of fused-ring (bicyclic) bond motifs is 1. The summed E-state index contributed by atoms with van der Waals surface area (Å²) in [5.74, 6) is 0.796. The van der Waals surface area contributed by atoms with Gasteiger partial charge >= 0.3 is 12.2 Å². The molecule has 6 rings (SSSR count). The molecule has 1 N–H and O–H groups in total. The van der Waals surface area contributed by atoms with Crippen molar-refractivity contribution in [3.05, 3.63) is 77.3 Å². The maximum Gasteiger partial charge on any atom is 0.410 e. The van der Waals surface area contributed by atoms with Crippen LogP contribution in [0.25, 0.3) is 17.3 Å². The summed E-state index contributed by atoms with van der Waals surface area (Å²) < 4.78 is 11.3. The quantitative estimate of drug-likeness (QED) is 0.277. The Morgan fingerprint density at radius 1 is 0.878 bits per heavy atom. The number of allylic oxidation sites excluding steroid dienone is 1. The highest BCUT2D eigenvalue weighted by Crippen LogP contribution is 2.34. The van der Waals surface area contributed by atoms with Gasteiger partial charge in [0.05, 0.1) is 29.7 Å². The molecule has 264 valence electrons. The van der Waals surface area contributed by atoms with Crippen molar-refractivity contribution in [2.24, 2.45) is 4.99 Å². The number of nitrogens with zero attached hydrogens (tertiary/aromatic N) is 4. The SMILES string of the molecule is CC(C)(C)OC(=O)N1CCC[C@H]1C1=Nc2cc(C=CCc3ccc(-c4cnc([C@@H]5CCCN5C(=O)OC(C)(C)C)[nH]4)cc3)ccc2C1.S.S. The van der Waals surface area contributed by atoms with Crippen molar-refractivity contribution in [3.63, 3.8) is 0 Å². The molecule has 3 aliphatic rings. The Bertz CT molecular complexity index is 1690. The molecule has 11 heteroatoms. The van der Waals surface area contributed by atoms with E-state index < -0.39 is 11.2 Å². The lowest BCUT2D eigenvalue weighted by atomic mass is 10.0.